The highest BCUT2D eigenvalue weighted by molar-refractivity contribution is 6.14. The van der Waals surface area contributed by atoms with Crippen LogP contribution in [0.2, 0.25) is 0 Å². The Kier molecular flexibility index (Phi) is 8.42. The molecule has 0 fully saturated rings. The van der Waals surface area contributed by atoms with E-state index >= 15 is 0 Å². The zero-order valence-electron chi connectivity index (χ0n) is 33.5. The van der Waals surface area contributed by atoms with Crippen LogP contribution >= 0.6 is 0 Å². The van der Waals surface area contributed by atoms with E-state index in [-0.39, 0.29) is 0 Å². The summed E-state index contributed by atoms with van der Waals surface area (Å²) in [6.45, 7) is 0. The molecule has 62 heavy (non-hydrogen) atoms. The molecule has 0 bridgehead atoms. The zero-order chi connectivity index (χ0) is 41.0. The Morgan fingerprint density at radius 2 is 0.806 bits per heavy atom. The van der Waals surface area contributed by atoms with Crippen LogP contribution in [0.15, 0.2) is 223 Å². The SMILES string of the molecule is c1ccc(-c2ccc(-c3nc(-c4ccccc4)nc(-c4cccc5oc6cc(-n7c8ccc(-c9ccccc9)cc8c8ccc(-c9ccccc9)cc87)ccc6c45)n3)cc2)cc1. The molecule has 12 aromatic rings. The van der Waals surface area contributed by atoms with Gasteiger partial charge >= 0.3 is 0 Å². The van der Waals surface area contributed by atoms with Crippen LogP contribution < -0.4 is 0 Å². The minimum absolute atomic E-state index is 0.587. The van der Waals surface area contributed by atoms with Gasteiger partial charge < -0.3 is 8.98 Å². The van der Waals surface area contributed by atoms with Crippen molar-refractivity contribution in [2.75, 3.05) is 0 Å². The maximum Gasteiger partial charge on any atom is 0.164 e. The second-order valence-electron chi connectivity index (χ2n) is 15.6. The Balaban J connectivity index is 1.02. The largest absolute Gasteiger partial charge is 0.456 e. The fourth-order valence-electron chi connectivity index (χ4n) is 8.84. The summed E-state index contributed by atoms with van der Waals surface area (Å²) in [7, 11) is 0. The first-order chi connectivity index (χ1) is 30.7. The highest BCUT2D eigenvalue weighted by Crippen LogP contribution is 2.41. The normalized spacial score (nSPS) is 11.5. The van der Waals surface area contributed by atoms with Crippen LogP contribution in [0, 0.1) is 0 Å². The maximum atomic E-state index is 6.75. The van der Waals surface area contributed by atoms with E-state index in [1.807, 2.05) is 48.5 Å². The van der Waals surface area contributed by atoms with Crippen LogP contribution in [0.5, 0.6) is 0 Å². The van der Waals surface area contributed by atoms with Crippen molar-refractivity contribution in [3.63, 3.8) is 0 Å². The first-order valence-corrected chi connectivity index (χ1v) is 20.8. The van der Waals surface area contributed by atoms with Crippen molar-refractivity contribution in [1.29, 1.82) is 0 Å². The summed E-state index contributed by atoms with van der Waals surface area (Å²) in [5.41, 5.74) is 14.6. The molecular formula is C57H36N4O. The average molecular weight is 793 g/mol. The highest BCUT2D eigenvalue weighted by Gasteiger charge is 2.20. The number of hydrogen-bond donors (Lipinski definition) is 0. The Labute approximate surface area is 357 Å². The standard InChI is InChI=1S/C57H36N4O/c1-5-14-37(15-6-1)40-24-26-42(27-25-40)56-58-55(41-20-11-4-12-21-41)59-57(60-56)48-22-13-23-52-54(48)47-32-30-45(36-53(47)62-52)61-50-33-29-43(38-16-7-2-8-17-38)34-49(50)46-31-28-44(35-51(46)61)39-18-9-3-10-19-39/h1-36H. The summed E-state index contributed by atoms with van der Waals surface area (Å²) in [5.74, 6) is 1.81. The number of furan rings is 1. The minimum Gasteiger partial charge on any atom is -0.456 e. The minimum atomic E-state index is 0.587. The van der Waals surface area contributed by atoms with Gasteiger partial charge in [-0.3, -0.25) is 0 Å². The molecule has 0 saturated carbocycles. The van der Waals surface area contributed by atoms with Crippen LogP contribution in [0.4, 0.5) is 0 Å². The third-order valence-electron chi connectivity index (χ3n) is 11.9. The maximum absolute atomic E-state index is 6.75. The lowest BCUT2D eigenvalue weighted by atomic mass is 10.0. The number of fused-ring (bicyclic) bond motifs is 6. The second kappa shape index (κ2) is 14.7. The summed E-state index contributed by atoms with van der Waals surface area (Å²) in [4.78, 5) is 15.3. The van der Waals surface area contributed by atoms with Gasteiger partial charge in [0.15, 0.2) is 17.5 Å². The van der Waals surface area contributed by atoms with Crippen molar-refractivity contribution in [3.8, 4) is 73.2 Å². The molecule has 290 valence electrons. The Morgan fingerprint density at radius 3 is 1.47 bits per heavy atom. The Morgan fingerprint density at radius 1 is 0.306 bits per heavy atom. The molecule has 0 atom stereocenters. The molecule has 9 aromatic carbocycles. The van der Waals surface area contributed by atoms with Crippen molar-refractivity contribution in [2.45, 2.75) is 0 Å². The lowest BCUT2D eigenvalue weighted by Gasteiger charge is -2.10. The van der Waals surface area contributed by atoms with Gasteiger partial charge in [-0.15, -0.1) is 0 Å². The number of hydrogen-bond acceptors (Lipinski definition) is 4. The molecule has 0 N–H and O–H groups in total. The Hall–Kier alpha value is -8.41. The topological polar surface area (TPSA) is 56.7 Å². The summed E-state index contributed by atoms with van der Waals surface area (Å²) < 4.78 is 9.12. The smallest absolute Gasteiger partial charge is 0.164 e. The number of nitrogens with zero attached hydrogens (tertiary/aromatic N) is 4. The van der Waals surface area contributed by atoms with Crippen molar-refractivity contribution in [2.24, 2.45) is 0 Å². The molecule has 0 amide bonds. The van der Waals surface area contributed by atoms with E-state index in [0.29, 0.717) is 17.5 Å². The Bertz CT molecular complexity index is 3600. The lowest BCUT2D eigenvalue weighted by Crippen LogP contribution is -2.00. The summed E-state index contributed by atoms with van der Waals surface area (Å²) in [6.07, 6.45) is 0. The van der Waals surface area contributed by atoms with Gasteiger partial charge in [0.2, 0.25) is 0 Å². The van der Waals surface area contributed by atoms with Crippen LogP contribution in [-0.2, 0) is 0 Å². The fraction of sp³-hybridized carbons (Fsp3) is 0. The molecule has 5 nitrogen and oxygen atoms in total. The molecule has 0 saturated heterocycles. The van der Waals surface area contributed by atoms with E-state index in [1.54, 1.807) is 0 Å². The monoisotopic (exact) mass is 792 g/mol. The molecule has 0 aliphatic rings. The van der Waals surface area contributed by atoms with E-state index in [2.05, 4.69) is 174 Å². The third-order valence-corrected chi connectivity index (χ3v) is 11.9. The van der Waals surface area contributed by atoms with Gasteiger partial charge in [0.1, 0.15) is 11.2 Å². The lowest BCUT2D eigenvalue weighted by molar-refractivity contribution is 0.668. The molecular weight excluding hydrogens is 757 g/mol. The third kappa shape index (κ3) is 6.14. The molecule has 0 aliphatic heterocycles. The first kappa shape index (κ1) is 35.5. The van der Waals surface area contributed by atoms with E-state index in [0.717, 1.165) is 66.5 Å². The van der Waals surface area contributed by atoms with E-state index < -0.39 is 0 Å². The van der Waals surface area contributed by atoms with Crippen LogP contribution in [0.1, 0.15) is 0 Å². The van der Waals surface area contributed by atoms with Crippen molar-refractivity contribution >= 4 is 43.7 Å². The molecule has 5 heteroatoms. The molecule has 3 heterocycles. The van der Waals surface area contributed by atoms with Gasteiger partial charge in [0.25, 0.3) is 0 Å². The molecule has 12 rings (SSSR count). The molecule has 0 aliphatic carbocycles. The summed E-state index contributed by atoms with van der Waals surface area (Å²) in [6, 6.07) is 76.4. The van der Waals surface area contributed by atoms with Crippen molar-refractivity contribution in [1.82, 2.24) is 19.5 Å². The summed E-state index contributed by atoms with van der Waals surface area (Å²) >= 11 is 0. The van der Waals surface area contributed by atoms with Crippen LogP contribution in [0.3, 0.4) is 0 Å². The van der Waals surface area contributed by atoms with E-state index in [1.165, 1.54) is 33.0 Å². The van der Waals surface area contributed by atoms with E-state index in [9.17, 15) is 0 Å². The van der Waals surface area contributed by atoms with Gasteiger partial charge in [-0.05, 0) is 69.8 Å². The molecule has 3 aromatic heterocycles. The number of rotatable bonds is 7. The second-order valence-corrected chi connectivity index (χ2v) is 15.6. The number of aromatic nitrogens is 4. The molecule has 0 spiro atoms. The summed E-state index contributed by atoms with van der Waals surface area (Å²) in [5, 5.41) is 4.35. The molecule has 0 radical (unpaired) electrons. The number of benzene rings is 9. The fourth-order valence-corrected chi connectivity index (χ4v) is 8.84. The predicted octanol–water partition coefficient (Wildman–Crippen LogP) is 14.9. The molecule has 0 unspecified atom stereocenters. The quantitative estimate of drug-likeness (QED) is 0.161. The van der Waals surface area contributed by atoms with Crippen LogP contribution in [0.25, 0.3) is 117 Å². The average Bonchev–Trinajstić information content (AvgIpc) is 3.89. The van der Waals surface area contributed by atoms with Crippen molar-refractivity contribution < 1.29 is 4.42 Å². The van der Waals surface area contributed by atoms with Gasteiger partial charge in [0.05, 0.1) is 11.0 Å². The van der Waals surface area contributed by atoms with Gasteiger partial charge in [-0.25, -0.2) is 15.0 Å². The van der Waals surface area contributed by atoms with Crippen molar-refractivity contribution in [3.05, 3.63) is 218 Å². The van der Waals surface area contributed by atoms with Crippen LogP contribution in [-0.4, -0.2) is 19.5 Å². The van der Waals surface area contributed by atoms with Gasteiger partial charge in [0, 0.05) is 50.0 Å². The predicted molar refractivity (Wildman–Crippen MR) is 254 cm³/mol. The van der Waals surface area contributed by atoms with E-state index in [4.69, 9.17) is 19.4 Å². The van der Waals surface area contributed by atoms with Gasteiger partial charge in [-0.1, -0.05) is 176 Å². The van der Waals surface area contributed by atoms with Gasteiger partial charge in [-0.2, -0.15) is 0 Å². The zero-order valence-corrected chi connectivity index (χ0v) is 33.5. The first-order valence-electron chi connectivity index (χ1n) is 20.8. The highest BCUT2D eigenvalue weighted by atomic mass is 16.3.